The number of hydrogen-bond donors (Lipinski definition) is 2. The molecule has 166 valence electrons. The molecule has 0 aliphatic heterocycles. The SMILES string of the molecule is Cc1cc(C#N)cc(C)c1Oc1cc(-c2ccccc2CC(N)=O)ccc1Cl.NS(=O)[O-]. The van der Waals surface area contributed by atoms with E-state index in [1.54, 1.807) is 18.2 Å². The quantitative estimate of drug-likeness (QED) is 0.540. The Morgan fingerprint density at radius 3 is 2.31 bits per heavy atom. The zero-order chi connectivity index (χ0) is 23.8. The van der Waals surface area contributed by atoms with Crippen molar-refractivity contribution in [1.82, 2.24) is 0 Å². The first-order valence-corrected chi connectivity index (χ1v) is 10.8. The van der Waals surface area contributed by atoms with E-state index >= 15 is 0 Å². The van der Waals surface area contributed by atoms with Crippen LogP contribution in [0.15, 0.2) is 54.6 Å². The Hall–Kier alpha value is -3.22. The average molecular weight is 471 g/mol. The summed E-state index contributed by atoms with van der Waals surface area (Å²) in [5, 5.41) is 13.6. The molecule has 1 unspecified atom stereocenters. The maximum absolute atomic E-state index is 11.4. The van der Waals surface area contributed by atoms with Gasteiger partial charge in [0.25, 0.3) is 0 Å². The molecule has 0 radical (unpaired) electrons. The van der Waals surface area contributed by atoms with Crippen LogP contribution in [0, 0.1) is 25.2 Å². The molecule has 0 aliphatic rings. The third kappa shape index (κ3) is 6.90. The molecule has 9 heteroatoms. The molecule has 3 aromatic rings. The van der Waals surface area contributed by atoms with E-state index in [2.05, 4.69) is 11.2 Å². The van der Waals surface area contributed by atoms with Crippen LogP contribution < -0.4 is 15.6 Å². The first-order valence-electron chi connectivity index (χ1n) is 9.31. The van der Waals surface area contributed by atoms with Crippen molar-refractivity contribution in [3.8, 4) is 28.7 Å². The summed E-state index contributed by atoms with van der Waals surface area (Å²) < 4.78 is 23.7. The van der Waals surface area contributed by atoms with Crippen molar-refractivity contribution < 1.29 is 18.3 Å². The Labute approximate surface area is 194 Å². The number of amides is 1. The molecule has 0 bridgehead atoms. The largest absolute Gasteiger partial charge is 0.760 e. The number of nitrogens with zero attached hydrogens (tertiary/aromatic N) is 1. The number of aryl methyl sites for hydroxylation is 2. The Kier molecular flexibility index (Phi) is 8.93. The second kappa shape index (κ2) is 11.4. The molecule has 1 atom stereocenters. The van der Waals surface area contributed by atoms with Crippen LogP contribution in [-0.2, 0) is 22.5 Å². The van der Waals surface area contributed by atoms with Crippen LogP contribution in [0.25, 0.3) is 11.1 Å². The monoisotopic (exact) mass is 470 g/mol. The lowest BCUT2D eigenvalue weighted by atomic mass is 9.97. The van der Waals surface area contributed by atoms with Crippen molar-refractivity contribution in [2.45, 2.75) is 20.3 Å². The normalized spacial score (nSPS) is 11.0. The molecule has 0 aliphatic carbocycles. The fourth-order valence-corrected chi connectivity index (χ4v) is 3.33. The minimum atomic E-state index is -2.36. The van der Waals surface area contributed by atoms with Crippen molar-refractivity contribution in [3.63, 3.8) is 0 Å². The Bertz CT molecular complexity index is 1180. The number of ether oxygens (including phenoxy) is 1. The number of halogens is 1. The highest BCUT2D eigenvalue weighted by molar-refractivity contribution is 7.76. The predicted molar refractivity (Wildman–Crippen MR) is 124 cm³/mol. The topological polar surface area (TPSA) is 142 Å². The fraction of sp³-hybridized carbons (Fsp3) is 0.130. The minimum Gasteiger partial charge on any atom is -0.760 e. The maximum Gasteiger partial charge on any atom is 0.221 e. The van der Waals surface area contributed by atoms with Crippen LogP contribution in [0.3, 0.4) is 0 Å². The van der Waals surface area contributed by atoms with Crippen LogP contribution in [0.5, 0.6) is 11.5 Å². The van der Waals surface area contributed by atoms with Gasteiger partial charge in [-0.25, -0.2) is 0 Å². The van der Waals surface area contributed by atoms with Gasteiger partial charge in [-0.1, -0.05) is 41.9 Å². The van der Waals surface area contributed by atoms with Crippen LogP contribution in [0.1, 0.15) is 22.3 Å². The van der Waals surface area contributed by atoms with Gasteiger partial charge in [-0.15, -0.1) is 0 Å². The molecule has 0 fully saturated rings. The molecule has 7 nitrogen and oxygen atoms in total. The number of benzene rings is 3. The van der Waals surface area contributed by atoms with Gasteiger partial charge < -0.3 is 15.0 Å². The van der Waals surface area contributed by atoms with Crippen LogP contribution in [0.2, 0.25) is 5.02 Å². The van der Waals surface area contributed by atoms with E-state index in [1.165, 1.54) is 0 Å². The Morgan fingerprint density at radius 1 is 1.16 bits per heavy atom. The van der Waals surface area contributed by atoms with Gasteiger partial charge >= 0.3 is 0 Å². The first kappa shape index (κ1) is 25.0. The molecule has 1 amide bonds. The van der Waals surface area contributed by atoms with E-state index in [0.29, 0.717) is 22.1 Å². The molecule has 3 rings (SSSR count). The van der Waals surface area contributed by atoms with E-state index in [-0.39, 0.29) is 12.3 Å². The van der Waals surface area contributed by atoms with E-state index in [4.69, 9.17) is 36.1 Å². The molecule has 4 N–H and O–H groups in total. The van der Waals surface area contributed by atoms with E-state index in [0.717, 1.165) is 27.8 Å². The summed E-state index contributed by atoms with van der Waals surface area (Å²) in [5.74, 6) is 0.786. The summed E-state index contributed by atoms with van der Waals surface area (Å²) in [6, 6.07) is 18.8. The van der Waals surface area contributed by atoms with Crippen LogP contribution in [-0.4, -0.2) is 14.7 Å². The van der Waals surface area contributed by atoms with Crippen LogP contribution in [0.4, 0.5) is 0 Å². The number of nitriles is 1. The Morgan fingerprint density at radius 2 is 1.75 bits per heavy atom. The lowest BCUT2D eigenvalue weighted by molar-refractivity contribution is -0.117. The van der Waals surface area contributed by atoms with Gasteiger partial charge in [-0.3, -0.25) is 14.1 Å². The lowest BCUT2D eigenvalue weighted by Gasteiger charge is -2.15. The number of carbonyl (C=O) groups excluding carboxylic acids is 1. The number of rotatable bonds is 5. The van der Waals surface area contributed by atoms with Crippen molar-refractivity contribution in [2.75, 3.05) is 0 Å². The standard InChI is InChI=1S/C23H19ClN2O2.H3NO2S/c1-14-9-16(13-25)10-15(2)23(14)28-21-11-18(7-8-20(21)24)19-6-4-3-5-17(19)12-22(26)27;1-4(2)3/h3-11H,12H2,1-2H3,(H2,26,27);1H2,(H,2,3)/p-1. The van der Waals surface area contributed by atoms with Gasteiger partial charge in [0, 0.05) is 11.3 Å². The highest BCUT2D eigenvalue weighted by Gasteiger charge is 2.13. The lowest BCUT2D eigenvalue weighted by Crippen LogP contribution is -2.14. The van der Waals surface area contributed by atoms with Gasteiger partial charge in [0.05, 0.1) is 23.1 Å². The molecule has 0 aromatic heterocycles. The highest BCUT2D eigenvalue weighted by Crippen LogP contribution is 2.37. The summed E-state index contributed by atoms with van der Waals surface area (Å²) in [7, 11) is 0. The average Bonchev–Trinajstić information content (AvgIpc) is 2.71. The van der Waals surface area contributed by atoms with Crippen molar-refractivity contribution in [1.29, 1.82) is 5.26 Å². The molecule has 0 heterocycles. The zero-order valence-corrected chi connectivity index (χ0v) is 19.0. The zero-order valence-electron chi connectivity index (χ0n) is 17.4. The molecule has 0 saturated heterocycles. The molecular weight excluding hydrogens is 450 g/mol. The third-order valence-corrected chi connectivity index (χ3v) is 4.74. The smallest absolute Gasteiger partial charge is 0.221 e. The van der Waals surface area contributed by atoms with Gasteiger partial charge in [0.1, 0.15) is 11.5 Å². The fourth-order valence-electron chi connectivity index (χ4n) is 3.18. The second-order valence-electron chi connectivity index (χ2n) is 6.86. The molecule has 0 saturated carbocycles. The van der Waals surface area contributed by atoms with E-state index in [9.17, 15) is 4.79 Å². The van der Waals surface area contributed by atoms with Crippen molar-refractivity contribution >= 4 is 28.8 Å². The Balaban J connectivity index is 0.000000837. The van der Waals surface area contributed by atoms with Gasteiger partial charge in [-0.2, -0.15) is 5.26 Å². The van der Waals surface area contributed by atoms with Crippen LogP contribution >= 0.6 is 11.6 Å². The summed E-state index contributed by atoms with van der Waals surface area (Å²) in [6.07, 6.45) is 0.156. The number of primary amides is 1. The van der Waals surface area contributed by atoms with Crippen molar-refractivity contribution in [3.05, 3.63) is 81.9 Å². The van der Waals surface area contributed by atoms with E-state index in [1.807, 2.05) is 50.2 Å². The predicted octanol–water partition coefficient (Wildman–Crippen LogP) is 4.05. The molecular formula is C23H21ClN3O4S-. The summed E-state index contributed by atoms with van der Waals surface area (Å²) >= 11 is 4.01. The first-order chi connectivity index (χ1) is 15.1. The number of hydrogen-bond acceptors (Lipinski definition) is 5. The van der Waals surface area contributed by atoms with Gasteiger partial charge in [0.2, 0.25) is 5.91 Å². The second-order valence-corrected chi connectivity index (χ2v) is 7.79. The summed E-state index contributed by atoms with van der Waals surface area (Å²) in [5.41, 5.74) is 10.3. The summed E-state index contributed by atoms with van der Waals surface area (Å²) in [6.45, 7) is 3.78. The number of carbonyl (C=O) groups is 1. The molecule has 0 spiro atoms. The van der Waals surface area contributed by atoms with Gasteiger partial charge in [-0.05, 0) is 65.9 Å². The maximum atomic E-state index is 11.4. The molecule has 3 aromatic carbocycles. The van der Waals surface area contributed by atoms with Crippen molar-refractivity contribution in [2.24, 2.45) is 10.9 Å². The van der Waals surface area contributed by atoms with Gasteiger partial charge in [0.15, 0.2) is 0 Å². The molecule has 32 heavy (non-hydrogen) atoms. The third-order valence-electron chi connectivity index (χ3n) is 4.43. The highest BCUT2D eigenvalue weighted by atomic mass is 35.5. The summed E-state index contributed by atoms with van der Waals surface area (Å²) in [4.78, 5) is 11.4. The number of nitrogens with two attached hydrogens (primary N) is 2. The van der Waals surface area contributed by atoms with E-state index < -0.39 is 11.3 Å². The minimum absolute atomic E-state index is 0.156.